The van der Waals surface area contributed by atoms with Gasteiger partial charge in [0.2, 0.25) is 0 Å². The first-order chi connectivity index (χ1) is 39.5. The highest BCUT2D eigenvalue weighted by Crippen LogP contribution is 2.18. The summed E-state index contributed by atoms with van der Waals surface area (Å²) in [6, 6.07) is 0. The molecule has 0 spiro atoms. The molecule has 0 aliphatic carbocycles. The van der Waals surface area contributed by atoms with Crippen LogP contribution in [0.1, 0.15) is 335 Å². The van der Waals surface area contributed by atoms with Crippen LogP contribution in [0.5, 0.6) is 0 Å². The van der Waals surface area contributed by atoms with Crippen LogP contribution >= 0.6 is 0 Å². The minimum atomic E-state index is -0.840. The molecule has 0 saturated carbocycles. The summed E-state index contributed by atoms with van der Waals surface area (Å²) in [6.07, 6.45) is 92.0. The van der Waals surface area contributed by atoms with Gasteiger partial charge < -0.3 is 14.2 Å². The molecule has 0 radical (unpaired) electrons. The van der Waals surface area contributed by atoms with Gasteiger partial charge in [0, 0.05) is 12.8 Å². The topological polar surface area (TPSA) is 78.9 Å². The van der Waals surface area contributed by atoms with Crippen molar-refractivity contribution in [3.63, 3.8) is 0 Å². The fourth-order valence-corrected chi connectivity index (χ4v) is 9.83. The Kier molecular flexibility index (Phi) is 64.7. The third-order valence-corrected chi connectivity index (χ3v) is 14.9. The SMILES string of the molecule is CC/C=C\C/C=C\C/C=C\C/C=C\C/C=C\CC(=O)OC(COC(=O)CCCCCCC/C=C\C/C=C\C/C=C\CC)COC(=O)CCCCCCCCCCCCCCCCCCCCCCCCCCCCCCCCCC. The van der Waals surface area contributed by atoms with Crippen LogP contribution in [0.2, 0.25) is 0 Å². The zero-order valence-electron chi connectivity index (χ0n) is 52.8. The van der Waals surface area contributed by atoms with Crippen molar-refractivity contribution in [3.8, 4) is 0 Å². The molecule has 1 unspecified atom stereocenters. The highest BCUT2D eigenvalue weighted by Gasteiger charge is 2.19. The number of hydrogen-bond acceptors (Lipinski definition) is 6. The molecule has 6 nitrogen and oxygen atoms in total. The molecule has 1 atom stereocenters. The van der Waals surface area contributed by atoms with E-state index >= 15 is 0 Å². The van der Waals surface area contributed by atoms with Gasteiger partial charge in [0.25, 0.3) is 0 Å². The predicted octanol–water partition coefficient (Wildman–Crippen LogP) is 23.6. The Hall–Kier alpha value is -3.67. The first-order valence-corrected chi connectivity index (χ1v) is 34.2. The number of esters is 3. The van der Waals surface area contributed by atoms with Crippen LogP contribution in [-0.4, -0.2) is 37.2 Å². The van der Waals surface area contributed by atoms with Gasteiger partial charge in [-0.2, -0.15) is 0 Å². The summed E-state index contributed by atoms with van der Waals surface area (Å²) in [5.74, 6) is -1.06. The summed E-state index contributed by atoms with van der Waals surface area (Å²) in [5.41, 5.74) is 0. The van der Waals surface area contributed by atoms with Crippen LogP contribution in [0, 0.1) is 0 Å². The number of carbonyl (C=O) groups is 3. The van der Waals surface area contributed by atoms with Crippen LogP contribution in [0.4, 0.5) is 0 Å². The minimum absolute atomic E-state index is 0.0927. The van der Waals surface area contributed by atoms with E-state index in [-0.39, 0.29) is 31.6 Å². The largest absolute Gasteiger partial charge is 0.462 e. The van der Waals surface area contributed by atoms with Crippen molar-refractivity contribution in [1.82, 2.24) is 0 Å². The van der Waals surface area contributed by atoms with Crippen molar-refractivity contribution in [2.75, 3.05) is 13.2 Å². The summed E-state index contributed by atoms with van der Waals surface area (Å²) < 4.78 is 16.8. The van der Waals surface area contributed by atoms with Crippen molar-refractivity contribution in [3.05, 3.63) is 97.2 Å². The second kappa shape index (κ2) is 67.8. The van der Waals surface area contributed by atoms with Crippen LogP contribution in [0.25, 0.3) is 0 Å². The van der Waals surface area contributed by atoms with E-state index in [0.717, 1.165) is 109 Å². The minimum Gasteiger partial charge on any atom is -0.462 e. The van der Waals surface area contributed by atoms with Crippen molar-refractivity contribution in [2.45, 2.75) is 341 Å². The molecule has 0 fully saturated rings. The highest BCUT2D eigenvalue weighted by molar-refractivity contribution is 5.72. The molecule has 0 aromatic rings. The quantitative estimate of drug-likeness (QED) is 0.0261. The third kappa shape index (κ3) is 65.1. The molecule has 460 valence electrons. The molecule has 0 heterocycles. The van der Waals surface area contributed by atoms with Crippen LogP contribution in [-0.2, 0) is 28.6 Å². The Morgan fingerprint density at radius 2 is 0.525 bits per heavy atom. The zero-order chi connectivity index (χ0) is 57.8. The standard InChI is InChI=1S/C74H128O6/c1-4-7-10-13-16-19-22-25-28-29-30-31-32-33-34-35-36-37-38-39-40-41-42-43-44-47-49-52-55-58-61-64-67-73(76)79-70-71(80-74(77)68-65-62-59-56-53-50-46-27-24-21-18-15-12-9-6-3)69-78-72(75)66-63-60-57-54-51-48-45-26-23-20-17-14-11-8-5-2/h8-9,11-12,17-18,20-21,26-27,45-46,53,56,62,65,71H,4-7,10,13-16,19,22-25,28-44,47-52,54-55,57-61,63-64,66-70H2,1-3H3/b11-8-,12-9-,20-17-,21-18-,45-26-,46-27-,56-53-,65-62-. The maximum atomic E-state index is 12.8. The molecule has 0 aliphatic heterocycles. The van der Waals surface area contributed by atoms with Crippen molar-refractivity contribution >= 4 is 17.9 Å². The Morgan fingerprint density at radius 1 is 0.275 bits per heavy atom. The maximum absolute atomic E-state index is 12.8. The van der Waals surface area contributed by atoms with E-state index in [1.807, 2.05) is 6.08 Å². The van der Waals surface area contributed by atoms with Gasteiger partial charge in [-0.25, -0.2) is 0 Å². The van der Waals surface area contributed by atoms with E-state index in [1.54, 1.807) is 6.08 Å². The number of hydrogen-bond donors (Lipinski definition) is 0. The van der Waals surface area contributed by atoms with Gasteiger partial charge in [-0.05, 0) is 77.0 Å². The molecule has 80 heavy (non-hydrogen) atoms. The summed E-state index contributed by atoms with van der Waals surface area (Å²) in [4.78, 5) is 38.2. The molecule has 6 heteroatoms. The highest BCUT2D eigenvalue weighted by atomic mass is 16.6. The Bertz CT molecular complexity index is 1560. The van der Waals surface area contributed by atoms with Gasteiger partial charge in [0.1, 0.15) is 13.2 Å². The summed E-state index contributed by atoms with van der Waals surface area (Å²) >= 11 is 0. The van der Waals surface area contributed by atoms with Crippen LogP contribution in [0.3, 0.4) is 0 Å². The first-order valence-electron chi connectivity index (χ1n) is 34.2. The van der Waals surface area contributed by atoms with Gasteiger partial charge in [0.05, 0.1) is 6.42 Å². The molecular weight excluding hydrogens is 985 g/mol. The number of allylic oxidation sites excluding steroid dienone is 15. The smallest absolute Gasteiger partial charge is 0.310 e. The molecule has 0 saturated heterocycles. The van der Waals surface area contributed by atoms with E-state index < -0.39 is 12.1 Å². The van der Waals surface area contributed by atoms with Gasteiger partial charge in [-0.15, -0.1) is 0 Å². The summed E-state index contributed by atoms with van der Waals surface area (Å²) in [7, 11) is 0. The van der Waals surface area contributed by atoms with E-state index in [2.05, 4.69) is 106 Å². The lowest BCUT2D eigenvalue weighted by Crippen LogP contribution is -2.30. The van der Waals surface area contributed by atoms with Gasteiger partial charge in [0.15, 0.2) is 6.10 Å². The molecular formula is C74H128O6. The Labute approximate surface area is 496 Å². The molecule has 0 N–H and O–H groups in total. The monoisotopic (exact) mass is 1110 g/mol. The normalized spacial score (nSPS) is 12.7. The second-order valence-corrected chi connectivity index (χ2v) is 22.7. The first kappa shape index (κ1) is 76.3. The van der Waals surface area contributed by atoms with Gasteiger partial charge in [-0.1, -0.05) is 336 Å². The molecule has 0 aliphatic rings. The van der Waals surface area contributed by atoms with E-state index in [0.29, 0.717) is 12.8 Å². The van der Waals surface area contributed by atoms with Gasteiger partial charge in [-0.3, -0.25) is 14.4 Å². The Morgan fingerprint density at radius 3 is 0.825 bits per heavy atom. The molecule has 0 bridgehead atoms. The van der Waals surface area contributed by atoms with E-state index in [4.69, 9.17) is 14.2 Å². The lowest BCUT2D eigenvalue weighted by atomic mass is 10.0. The number of carbonyl (C=O) groups excluding carboxylic acids is 3. The number of rotatable bonds is 62. The fraction of sp³-hybridized carbons (Fsp3) is 0.743. The lowest BCUT2D eigenvalue weighted by Gasteiger charge is -2.18. The molecule has 0 aromatic carbocycles. The molecule has 0 aromatic heterocycles. The van der Waals surface area contributed by atoms with Crippen molar-refractivity contribution < 1.29 is 28.6 Å². The maximum Gasteiger partial charge on any atom is 0.310 e. The lowest BCUT2D eigenvalue weighted by molar-refractivity contribution is -0.166. The van der Waals surface area contributed by atoms with Gasteiger partial charge >= 0.3 is 17.9 Å². The third-order valence-electron chi connectivity index (χ3n) is 14.9. The van der Waals surface area contributed by atoms with Crippen LogP contribution in [0.15, 0.2) is 97.2 Å². The summed E-state index contributed by atoms with van der Waals surface area (Å²) in [6.45, 7) is 6.35. The fourth-order valence-electron chi connectivity index (χ4n) is 9.83. The summed E-state index contributed by atoms with van der Waals surface area (Å²) in [5, 5.41) is 0. The molecule has 0 rings (SSSR count). The zero-order valence-corrected chi connectivity index (χ0v) is 52.8. The van der Waals surface area contributed by atoms with Crippen LogP contribution < -0.4 is 0 Å². The second-order valence-electron chi connectivity index (χ2n) is 22.7. The van der Waals surface area contributed by atoms with E-state index in [1.165, 1.54) is 186 Å². The predicted molar refractivity (Wildman–Crippen MR) is 348 cm³/mol. The van der Waals surface area contributed by atoms with E-state index in [9.17, 15) is 14.4 Å². The average Bonchev–Trinajstić information content (AvgIpc) is 3.46. The van der Waals surface area contributed by atoms with Crippen molar-refractivity contribution in [1.29, 1.82) is 0 Å². The number of unbranched alkanes of at least 4 members (excludes halogenated alkanes) is 36. The van der Waals surface area contributed by atoms with Crippen molar-refractivity contribution in [2.24, 2.45) is 0 Å². The molecule has 0 amide bonds. The number of ether oxygens (including phenoxy) is 3. The average molecular weight is 1110 g/mol. The Balaban J connectivity index is 4.21.